The summed E-state index contributed by atoms with van der Waals surface area (Å²) in [6.45, 7) is 1.35. The van der Waals surface area contributed by atoms with Gasteiger partial charge in [-0.05, 0) is 56.5 Å². The summed E-state index contributed by atoms with van der Waals surface area (Å²) in [6, 6.07) is 12.8. The summed E-state index contributed by atoms with van der Waals surface area (Å²) >= 11 is 0. The number of methoxy groups -OCH3 is 2. The molecule has 1 N–H and O–H groups in total. The van der Waals surface area contributed by atoms with Gasteiger partial charge in [-0.15, -0.1) is 0 Å². The molecule has 0 radical (unpaired) electrons. The number of ether oxygens (including phenoxy) is 2. The Morgan fingerprint density at radius 1 is 0.853 bits per heavy atom. The summed E-state index contributed by atoms with van der Waals surface area (Å²) in [7, 11) is -0.749. The molecule has 4 rings (SSSR count). The van der Waals surface area contributed by atoms with E-state index < -0.39 is 24.9 Å². The normalized spacial score (nSPS) is 20.2. The van der Waals surface area contributed by atoms with Crippen LogP contribution in [0.2, 0.25) is 0 Å². The van der Waals surface area contributed by atoms with Gasteiger partial charge >= 0.3 is 11.9 Å². The van der Waals surface area contributed by atoms with Crippen LogP contribution >= 0.6 is 7.14 Å². The van der Waals surface area contributed by atoms with Gasteiger partial charge in [-0.1, -0.05) is 24.3 Å². The molecule has 0 bridgehead atoms. The lowest BCUT2D eigenvalue weighted by atomic mass is 10.2. The maximum atomic E-state index is 15.0. The molecule has 2 aromatic rings. The third-order valence-corrected chi connectivity index (χ3v) is 10.1. The van der Waals surface area contributed by atoms with Crippen molar-refractivity contribution in [2.75, 3.05) is 27.3 Å². The number of nitrogens with zero attached hydrogens (tertiary/aromatic N) is 1. The molecule has 2 aliphatic heterocycles. The average Bonchev–Trinajstić information content (AvgIpc) is 3.60. The van der Waals surface area contributed by atoms with E-state index in [9.17, 15) is 14.4 Å². The van der Waals surface area contributed by atoms with Gasteiger partial charge in [-0.25, -0.2) is 9.59 Å². The van der Waals surface area contributed by atoms with Crippen molar-refractivity contribution >= 4 is 35.6 Å². The highest BCUT2D eigenvalue weighted by Gasteiger charge is 2.46. The zero-order valence-corrected chi connectivity index (χ0v) is 20.3. The molecule has 2 atom stereocenters. The summed E-state index contributed by atoms with van der Waals surface area (Å²) < 4.78 is 24.6. The van der Waals surface area contributed by atoms with Crippen LogP contribution in [0.3, 0.4) is 0 Å². The van der Waals surface area contributed by atoms with E-state index in [4.69, 9.17) is 9.47 Å². The number of nitrogens with one attached hydrogen (secondary N) is 1. The quantitative estimate of drug-likeness (QED) is 0.496. The fourth-order valence-electron chi connectivity index (χ4n) is 4.85. The van der Waals surface area contributed by atoms with Crippen LogP contribution in [-0.2, 0) is 18.8 Å². The van der Waals surface area contributed by atoms with Crippen molar-refractivity contribution in [1.29, 1.82) is 0 Å². The summed E-state index contributed by atoms with van der Waals surface area (Å²) in [5.74, 6) is -1.48. The maximum Gasteiger partial charge on any atom is 0.337 e. The molecule has 2 aliphatic rings. The van der Waals surface area contributed by atoms with Gasteiger partial charge in [0, 0.05) is 17.2 Å². The van der Waals surface area contributed by atoms with E-state index >= 15 is 4.57 Å². The number of benzene rings is 2. The molecule has 8 nitrogen and oxygen atoms in total. The van der Waals surface area contributed by atoms with E-state index in [2.05, 4.69) is 5.32 Å². The first-order chi connectivity index (χ1) is 16.4. The van der Waals surface area contributed by atoms with Gasteiger partial charge in [0.25, 0.3) is 0 Å². The van der Waals surface area contributed by atoms with Gasteiger partial charge in [-0.2, -0.15) is 0 Å². The first kappa shape index (κ1) is 24.2. The van der Waals surface area contributed by atoms with Crippen molar-refractivity contribution < 1.29 is 28.4 Å². The summed E-state index contributed by atoms with van der Waals surface area (Å²) in [5, 5.41) is 4.36. The van der Waals surface area contributed by atoms with Gasteiger partial charge in [0.1, 0.15) is 0 Å². The van der Waals surface area contributed by atoms with Gasteiger partial charge in [0.05, 0.1) is 37.2 Å². The lowest BCUT2D eigenvalue weighted by molar-refractivity contribution is -0.132. The predicted molar refractivity (Wildman–Crippen MR) is 128 cm³/mol. The number of amides is 1. The number of esters is 2. The highest BCUT2D eigenvalue weighted by atomic mass is 31.2. The SMILES string of the molecule is COC(=O)c1ccc(P(=O)(c2ccc(C(=O)OC)cc2)C2CCCN2C(=O)[C@@H]2CCCN2)cc1. The third kappa shape index (κ3) is 4.40. The first-order valence-corrected chi connectivity index (χ1v) is 13.2. The van der Waals surface area contributed by atoms with Crippen molar-refractivity contribution in [3.05, 3.63) is 59.7 Å². The Kier molecular flexibility index (Phi) is 7.19. The largest absolute Gasteiger partial charge is 0.465 e. The molecule has 0 aliphatic carbocycles. The Labute approximate surface area is 199 Å². The van der Waals surface area contributed by atoms with E-state index in [0.717, 1.165) is 25.8 Å². The minimum Gasteiger partial charge on any atom is -0.465 e. The van der Waals surface area contributed by atoms with Crippen molar-refractivity contribution in [2.24, 2.45) is 0 Å². The second-order valence-corrected chi connectivity index (χ2v) is 11.5. The number of rotatable bonds is 6. The number of carbonyl (C=O) groups excluding carboxylic acids is 3. The maximum absolute atomic E-state index is 15.0. The van der Waals surface area contributed by atoms with E-state index in [1.807, 2.05) is 0 Å². The van der Waals surface area contributed by atoms with Crippen molar-refractivity contribution in [3.8, 4) is 0 Å². The summed E-state index contributed by atoms with van der Waals surface area (Å²) in [5.41, 5.74) is 0.710. The molecule has 2 saturated heterocycles. The van der Waals surface area contributed by atoms with E-state index in [1.54, 1.807) is 53.4 Å². The Morgan fingerprint density at radius 3 is 1.82 bits per heavy atom. The van der Waals surface area contributed by atoms with Crippen molar-refractivity contribution in [3.63, 3.8) is 0 Å². The number of likely N-dealkylation sites (tertiary alicyclic amines) is 1. The molecule has 0 aromatic heterocycles. The minimum absolute atomic E-state index is 0.0161. The van der Waals surface area contributed by atoms with Gasteiger partial charge in [-0.3, -0.25) is 4.79 Å². The second kappa shape index (κ2) is 10.1. The molecule has 2 aromatic carbocycles. The van der Waals surface area contributed by atoms with Crippen molar-refractivity contribution in [1.82, 2.24) is 10.2 Å². The Morgan fingerprint density at radius 2 is 1.38 bits per heavy atom. The first-order valence-electron chi connectivity index (χ1n) is 11.4. The molecule has 180 valence electrons. The van der Waals surface area contributed by atoms with Crippen LogP contribution < -0.4 is 15.9 Å². The molecule has 0 spiro atoms. The summed E-state index contributed by atoms with van der Waals surface area (Å²) in [4.78, 5) is 39.0. The molecule has 0 saturated carbocycles. The average molecular weight is 484 g/mol. The Hall–Kier alpha value is -2.96. The molecule has 9 heteroatoms. The van der Waals surface area contributed by atoms with Gasteiger partial charge in [0.15, 0.2) is 7.14 Å². The monoisotopic (exact) mass is 484 g/mol. The molecule has 1 unspecified atom stereocenters. The molecule has 34 heavy (non-hydrogen) atoms. The van der Waals surface area contributed by atoms with Crippen LogP contribution in [0.5, 0.6) is 0 Å². The molecular formula is C25H29N2O6P. The van der Waals surface area contributed by atoms with Crippen LogP contribution in [0.25, 0.3) is 0 Å². The molecular weight excluding hydrogens is 455 g/mol. The van der Waals surface area contributed by atoms with Crippen molar-refractivity contribution in [2.45, 2.75) is 37.5 Å². The fraction of sp³-hybridized carbons (Fsp3) is 0.400. The Balaban J connectivity index is 1.77. The fourth-order valence-corrected chi connectivity index (χ4v) is 8.19. The highest BCUT2D eigenvalue weighted by molar-refractivity contribution is 7.79. The number of hydrogen-bond acceptors (Lipinski definition) is 7. The zero-order chi connectivity index (χ0) is 24.3. The van der Waals surface area contributed by atoms with E-state index in [1.165, 1.54) is 14.2 Å². The lowest BCUT2D eigenvalue weighted by Crippen LogP contribution is -2.47. The van der Waals surface area contributed by atoms with Crippen LogP contribution in [0.15, 0.2) is 48.5 Å². The molecule has 2 heterocycles. The number of hydrogen-bond donors (Lipinski definition) is 1. The second-order valence-electron chi connectivity index (χ2n) is 8.54. The van der Waals surface area contributed by atoms with Crippen LogP contribution in [0.4, 0.5) is 0 Å². The number of carbonyl (C=O) groups is 3. The lowest BCUT2D eigenvalue weighted by Gasteiger charge is -2.34. The van der Waals surface area contributed by atoms with Gasteiger partial charge in [0.2, 0.25) is 5.91 Å². The van der Waals surface area contributed by atoms with E-state index in [0.29, 0.717) is 34.7 Å². The third-order valence-electron chi connectivity index (χ3n) is 6.63. The van der Waals surface area contributed by atoms with Crippen LogP contribution in [-0.4, -0.2) is 61.9 Å². The van der Waals surface area contributed by atoms with E-state index in [-0.39, 0.29) is 11.9 Å². The van der Waals surface area contributed by atoms with Gasteiger partial charge < -0.3 is 24.3 Å². The highest BCUT2D eigenvalue weighted by Crippen LogP contribution is 2.54. The molecule has 1 amide bonds. The Bertz CT molecular complexity index is 1050. The van der Waals surface area contributed by atoms with Crippen LogP contribution in [0.1, 0.15) is 46.4 Å². The summed E-state index contributed by atoms with van der Waals surface area (Å²) in [6.07, 6.45) is 3.07. The predicted octanol–water partition coefficient (Wildman–Crippen LogP) is 2.27. The van der Waals surface area contributed by atoms with Crippen LogP contribution in [0, 0.1) is 0 Å². The standard InChI is InChI=1S/C25H29N2O6P/c1-32-24(29)17-7-11-19(12-8-17)34(31,20-13-9-18(10-14-20)25(30)33-2)22-6-4-16-27(22)23(28)21-5-3-15-26-21/h7-14,21-22,26H,3-6,15-16H2,1-2H3/t21-,22?/m0/s1. The topological polar surface area (TPSA) is 102 Å². The molecule has 2 fully saturated rings. The zero-order valence-electron chi connectivity index (χ0n) is 19.4. The smallest absolute Gasteiger partial charge is 0.337 e. The minimum atomic E-state index is -3.37.